The fourth-order valence-corrected chi connectivity index (χ4v) is 2.91. The van der Waals surface area contributed by atoms with E-state index in [2.05, 4.69) is 30.4 Å². The highest BCUT2D eigenvalue weighted by Crippen LogP contribution is 2.29. The van der Waals surface area contributed by atoms with Crippen molar-refractivity contribution in [3.63, 3.8) is 0 Å². The standard InChI is InChI=1S/C16H21NO2S/c1-4-12-5-8-15(16(9-12)18-3)19-11-14-7-6-13(20-14)10-17-2/h5-9,17H,4,10-11H2,1-3H3. The molecule has 0 spiro atoms. The van der Waals surface area contributed by atoms with Gasteiger partial charge >= 0.3 is 0 Å². The van der Waals surface area contributed by atoms with Gasteiger partial charge in [0.25, 0.3) is 0 Å². The molecule has 0 aliphatic rings. The third kappa shape index (κ3) is 3.74. The monoisotopic (exact) mass is 291 g/mol. The van der Waals surface area contributed by atoms with Gasteiger partial charge in [-0.15, -0.1) is 11.3 Å². The van der Waals surface area contributed by atoms with Crippen molar-refractivity contribution in [2.45, 2.75) is 26.5 Å². The van der Waals surface area contributed by atoms with Gasteiger partial charge in [0.1, 0.15) is 6.61 Å². The summed E-state index contributed by atoms with van der Waals surface area (Å²) in [6, 6.07) is 10.4. The van der Waals surface area contributed by atoms with Crippen molar-refractivity contribution in [2.24, 2.45) is 0 Å². The van der Waals surface area contributed by atoms with Gasteiger partial charge in [-0.05, 0) is 43.3 Å². The lowest BCUT2D eigenvalue weighted by atomic mass is 10.1. The highest BCUT2D eigenvalue weighted by Gasteiger charge is 2.06. The van der Waals surface area contributed by atoms with Gasteiger partial charge in [0.15, 0.2) is 11.5 Å². The molecule has 0 atom stereocenters. The van der Waals surface area contributed by atoms with Gasteiger partial charge in [-0.3, -0.25) is 0 Å². The van der Waals surface area contributed by atoms with Gasteiger partial charge in [0.2, 0.25) is 0 Å². The molecule has 20 heavy (non-hydrogen) atoms. The van der Waals surface area contributed by atoms with Crippen molar-refractivity contribution in [2.75, 3.05) is 14.2 Å². The Labute approximate surface area is 124 Å². The molecular weight excluding hydrogens is 270 g/mol. The van der Waals surface area contributed by atoms with Crippen molar-refractivity contribution in [3.05, 3.63) is 45.6 Å². The van der Waals surface area contributed by atoms with E-state index < -0.39 is 0 Å². The molecular formula is C16H21NO2S. The second kappa shape index (κ2) is 7.31. The molecule has 0 fully saturated rings. The Kier molecular flexibility index (Phi) is 5.44. The molecule has 0 unspecified atom stereocenters. The van der Waals surface area contributed by atoms with Crippen LogP contribution in [-0.4, -0.2) is 14.2 Å². The Hall–Kier alpha value is -1.52. The second-order valence-corrected chi connectivity index (χ2v) is 5.78. The number of hydrogen-bond donors (Lipinski definition) is 1. The summed E-state index contributed by atoms with van der Waals surface area (Å²) < 4.78 is 11.3. The largest absolute Gasteiger partial charge is 0.493 e. The first-order valence-corrected chi connectivity index (χ1v) is 7.60. The van der Waals surface area contributed by atoms with E-state index in [1.807, 2.05) is 19.2 Å². The fraction of sp³-hybridized carbons (Fsp3) is 0.375. The number of nitrogens with one attached hydrogen (secondary N) is 1. The van der Waals surface area contributed by atoms with Gasteiger partial charge < -0.3 is 14.8 Å². The lowest BCUT2D eigenvalue weighted by molar-refractivity contribution is 0.287. The smallest absolute Gasteiger partial charge is 0.161 e. The number of aryl methyl sites for hydroxylation is 1. The van der Waals surface area contributed by atoms with Gasteiger partial charge in [0, 0.05) is 16.3 Å². The van der Waals surface area contributed by atoms with Gasteiger partial charge in [-0.2, -0.15) is 0 Å². The summed E-state index contributed by atoms with van der Waals surface area (Å²) >= 11 is 1.77. The van der Waals surface area contributed by atoms with Gasteiger partial charge in [-0.25, -0.2) is 0 Å². The summed E-state index contributed by atoms with van der Waals surface area (Å²) in [5, 5.41) is 3.15. The predicted molar refractivity (Wildman–Crippen MR) is 83.8 cm³/mol. The number of thiophene rings is 1. The van der Waals surface area contributed by atoms with Crippen LogP contribution >= 0.6 is 11.3 Å². The average molecular weight is 291 g/mol. The highest BCUT2D eigenvalue weighted by molar-refractivity contribution is 7.11. The predicted octanol–water partition coefficient (Wildman–Crippen LogP) is 3.62. The molecule has 0 aliphatic carbocycles. The third-order valence-corrected chi connectivity index (χ3v) is 4.13. The molecule has 4 heteroatoms. The number of hydrogen-bond acceptors (Lipinski definition) is 4. The van der Waals surface area contributed by atoms with E-state index in [1.165, 1.54) is 15.3 Å². The number of methoxy groups -OCH3 is 1. The maximum atomic E-state index is 5.87. The van der Waals surface area contributed by atoms with Crippen molar-refractivity contribution in [1.29, 1.82) is 0 Å². The molecule has 1 N–H and O–H groups in total. The number of rotatable bonds is 7. The van der Waals surface area contributed by atoms with E-state index in [-0.39, 0.29) is 0 Å². The van der Waals surface area contributed by atoms with Gasteiger partial charge in [0.05, 0.1) is 7.11 Å². The first-order chi connectivity index (χ1) is 9.76. The topological polar surface area (TPSA) is 30.5 Å². The Bertz CT molecular complexity index is 551. The Morgan fingerprint density at radius 3 is 2.60 bits per heavy atom. The van der Waals surface area contributed by atoms with E-state index in [9.17, 15) is 0 Å². The minimum atomic E-state index is 0.580. The lowest BCUT2D eigenvalue weighted by Crippen LogP contribution is -2.02. The Balaban J connectivity index is 2.02. The first-order valence-electron chi connectivity index (χ1n) is 6.78. The van der Waals surface area contributed by atoms with Crippen molar-refractivity contribution in [1.82, 2.24) is 5.32 Å². The van der Waals surface area contributed by atoms with Gasteiger partial charge in [-0.1, -0.05) is 13.0 Å². The molecule has 0 radical (unpaired) electrons. The second-order valence-electron chi connectivity index (χ2n) is 4.53. The Morgan fingerprint density at radius 2 is 1.90 bits per heavy atom. The van der Waals surface area contributed by atoms with E-state index >= 15 is 0 Å². The van der Waals surface area contributed by atoms with E-state index in [0.717, 1.165) is 24.5 Å². The molecule has 2 aromatic rings. The SMILES string of the molecule is CCc1ccc(OCc2ccc(CNC)s2)c(OC)c1. The molecule has 108 valence electrons. The quantitative estimate of drug-likeness (QED) is 0.845. The van der Waals surface area contributed by atoms with Crippen LogP contribution in [0.25, 0.3) is 0 Å². The molecule has 3 nitrogen and oxygen atoms in total. The summed E-state index contributed by atoms with van der Waals surface area (Å²) in [5.74, 6) is 1.60. The van der Waals surface area contributed by atoms with Crippen LogP contribution in [0.15, 0.2) is 30.3 Å². The fourth-order valence-electron chi connectivity index (χ4n) is 1.97. The number of ether oxygens (including phenoxy) is 2. The summed E-state index contributed by atoms with van der Waals surface area (Å²) in [7, 11) is 3.63. The molecule has 0 aliphatic heterocycles. The zero-order chi connectivity index (χ0) is 14.4. The first kappa shape index (κ1) is 14.9. The van der Waals surface area contributed by atoms with Crippen molar-refractivity contribution < 1.29 is 9.47 Å². The van der Waals surface area contributed by atoms with E-state index in [4.69, 9.17) is 9.47 Å². The minimum Gasteiger partial charge on any atom is -0.493 e. The van der Waals surface area contributed by atoms with Crippen LogP contribution in [0, 0.1) is 0 Å². The van der Waals surface area contributed by atoms with Crippen LogP contribution in [0.4, 0.5) is 0 Å². The summed E-state index contributed by atoms with van der Waals surface area (Å²) in [6.45, 7) is 3.61. The molecule has 2 rings (SSSR count). The summed E-state index contributed by atoms with van der Waals surface area (Å²) in [4.78, 5) is 2.54. The minimum absolute atomic E-state index is 0.580. The normalized spacial score (nSPS) is 10.6. The lowest BCUT2D eigenvalue weighted by Gasteiger charge is -2.11. The molecule has 1 aromatic carbocycles. The van der Waals surface area contributed by atoms with Crippen LogP contribution in [0.1, 0.15) is 22.2 Å². The zero-order valence-corrected chi connectivity index (χ0v) is 13.0. The molecule has 0 amide bonds. The van der Waals surface area contributed by atoms with Crippen molar-refractivity contribution in [3.8, 4) is 11.5 Å². The van der Waals surface area contributed by atoms with Crippen molar-refractivity contribution >= 4 is 11.3 Å². The molecule has 1 aromatic heterocycles. The molecule has 0 saturated carbocycles. The molecule has 0 bridgehead atoms. The zero-order valence-electron chi connectivity index (χ0n) is 12.2. The molecule has 1 heterocycles. The maximum absolute atomic E-state index is 5.87. The number of benzene rings is 1. The van der Waals surface area contributed by atoms with Crippen LogP contribution in [0.5, 0.6) is 11.5 Å². The third-order valence-electron chi connectivity index (χ3n) is 3.07. The van der Waals surface area contributed by atoms with Crippen LogP contribution < -0.4 is 14.8 Å². The Morgan fingerprint density at radius 1 is 1.10 bits per heavy atom. The summed E-state index contributed by atoms with van der Waals surface area (Å²) in [6.07, 6.45) is 0.995. The van der Waals surface area contributed by atoms with E-state index in [0.29, 0.717) is 6.61 Å². The average Bonchev–Trinajstić information content (AvgIpc) is 2.93. The summed E-state index contributed by atoms with van der Waals surface area (Å²) in [5.41, 5.74) is 1.25. The van der Waals surface area contributed by atoms with Crippen LogP contribution in [-0.2, 0) is 19.6 Å². The van der Waals surface area contributed by atoms with E-state index in [1.54, 1.807) is 18.4 Å². The van der Waals surface area contributed by atoms with Crippen LogP contribution in [0.2, 0.25) is 0 Å². The maximum Gasteiger partial charge on any atom is 0.161 e. The van der Waals surface area contributed by atoms with Crippen LogP contribution in [0.3, 0.4) is 0 Å². The highest BCUT2D eigenvalue weighted by atomic mass is 32.1. The molecule has 0 saturated heterocycles.